The Labute approximate surface area is 152 Å². The summed E-state index contributed by atoms with van der Waals surface area (Å²) in [7, 11) is 0. The predicted molar refractivity (Wildman–Crippen MR) is 99.7 cm³/mol. The molecule has 0 unspecified atom stereocenters. The van der Waals surface area contributed by atoms with Crippen LogP contribution in [0.3, 0.4) is 0 Å². The lowest BCUT2D eigenvalue weighted by Gasteiger charge is -2.60. The summed E-state index contributed by atoms with van der Waals surface area (Å²) in [4.78, 5) is 12.4. The number of nitrogens with one attached hydrogen (secondary N) is 1. The van der Waals surface area contributed by atoms with Gasteiger partial charge >= 0.3 is 0 Å². The van der Waals surface area contributed by atoms with Crippen molar-refractivity contribution in [2.45, 2.75) is 49.3 Å². The average molecular weight is 386 g/mol. The third kappa shape index (κ3) is 3.40. The lowest BCUT2D eigenvalue weighted by molar-refractivity contribution is -0.127. The van der Waals surface area contributed by atoms with Crippen molar-refractivity contribution < 1.29 is 4.79 Å². The van der Waals surface area contributed by atoms with Gasteiger partial charge < -0.3 is 5.32 Å². The SMILES string of the molecule is O=C(CC12C[C@H]3C[C@@H](CC(Br)(C3)C1)C2)NCC#Cc1ccccc1. The fourth-order valence-electron chi connectivity index (χ4n) is 5.76. The van der Waals surface area contributed by atoms with Crippen LogP contribution in [0.15, 0.2) is 30.3 Å². The molecule has 1 N–H and O–H groups in total. The Kier molecular flexibility index (Phi) is 4.21. The summed E-state index contributed by atoms with van der Waals surface area (Å²) in [5, 5.41) is 3.01. The lowest BCUT2D eigenvalue weighted by Crippen LogP contribution is -2.54. The number of carbonyl (C=O) groups is 1. The summed E-state index contributed by atoms with van der Waals surface area (Å²) in [6.07, 6.45) is 8.38. The molecule has 5 rings (SSSR count). The van der Waals surface area contributed by atoms with Crippen molar-refractivity contribution >= 4 is 21.8 Å². The second kappa shape index (κ2) is 6.23. The van der Waals surface area contributed by atoms with Gasteiger partial charge in [0.1, 0.15) is 0 Å². The summed E-state index contributed by atoms with van der Waals surface area (Å²) in [6, 6.07) is 9.91. The maximum absolute atomic E-state index is 12.4. The molecule has 24 heavy (non-hydrogen) atoms. The Hall–Kier alpha value is -1.27. The van der Waals surface area contributed by atoms with Crippen molar-refractivity contribution in [1.29, 1.82) is 0 Å². The summed E-state index contributed by atoms with van der Waals surface area (Å²) >= 11 is 4.02. The standard InChI is InChI=1S/C21H24BrNO/c22-21-12-17-9-18(13-21)11-20(10-17,15-21)14-19(24)23-8-4-7-16-5-2-1-3-6-16/h1-3,5-6,17-18H,8-15H2,(H,23,24)/t17-,18-,20?,21?/m1/s1. The van der Waals surface area contributed by atoms with Gasteiger partial charge in [-0.3, -0.25) is 4.79 Å². The van der Waals surface area contributed by atoms with Crippen molar-refractivity contribution in [3.8, 4) is 11.8 Å². The molecule has 1 amide bonds. The Morgan fingerprint density at radius 3 is 2.54 bits per heavy atom. The van der Waals surface area contributed by atoms with Crippen LogP contribution < -0.4 is 5.32 Å². The van der Waals surface area contributed by atoms with E-state index in [1.807, 2.05) is 30.3 Å². The van der Waals surface area contributed by atoms with Crippen LogP contribution in [0.5, 0.6) is 0 Å². The molecule has 3 heteroatoms. The molecule has 0 saturated heterocycles. The number of benzene rings is 1. The molecule has 4 fully saturated rings. The fraction of sp³-hybridized carbons (Fsp3) is 0.571. The zero-order valence-corrected chi connectivity index (χ0v) is 15.6. The third-order valence-corrected chi connectivity index (χ3v) is 6.95. The van der Waals surface area contributed by atoms with E-state index in [0.717, 1.165) is 17.4 Å². The molecule has 4 saturated carbocycles. The monoisotopic (exact) mass is 385 g/mol. The molecule has 2 nitrogen and oxygen atoms in total. The highest BCUT2D eigenvalue weighted by atomic mass is 79.9. The van der Waals surface area contributed by atoms with E-state index < -0.39 is 0 Å². The predicted octanol–water partition coefficient (Wildman–Crippen LogP) is 4.28. The quantitative estimate of drug-likeness (QED) is 0.610. The van der Waals surface area contributed by atoms with Gasteiger partial charge in [0, 0.05) is 16.3 Å². The molecule has 2 atom stereocenters. The molecule has 0 aromatic heterocycles. The minimum absolute atomic E-state index is 0.176. The first-order chi connectivity index (χ1) is 11.5. The van der Waals surface area contributed by atoms with E-state index >= 15 is 0 Å². The van der Waals surface area contributed by atoms with E-state index in [9.17, 15) is 4.79 Å². The molecular weight excluding hydrogens is 362 g/mol. The van der Waals surface area contributed by atoms with Gasteiger partial charge in [0.05, 0.1) is 6.54 Å². The summed E-state index contributed by atoms with van der Waals surface area (Å²) < 4.78 is 0.324. The van der Waals surface area contributed by atoms with Crippen molar-refractivity contribution in [2.75, 3.05) is 6.54 Å². The minimum Gasteiger partial charge on any atom is -0.345 e. The molecule has 4 aliphatic rings. The number of alkyl halides is 1. The molecule has 4 aliphatic carbocycles. The van der Waals surface area contributed by atoms with Gasteiger partial charge in [-0.25, -0.2) is 0 Å². The van der Waals surface area contributed by atoms with E-state index in [-0.39, 0.29) is 11.3 Å². The van der Waals surface area contributed by atoms with Crippen LogP contribution in [0, 0.1) is 29.1 Å². The molecule has 1 aromatic rings. The highest BCUT2D eigenvalue weighted by Crippen LogP contribution is 2.65. The van der Waals surface area contributed by atoms with Crippen LogP contribution in [-0.2, 0) is 4.79 Å². The highest BCUT2D eigenvalue weighted by Gasteiger charge is 2.57. The van der Waals surface area contributed by atoms with Crippen LogP contribution in [-0.4, -0.2) is 16.8 Å². The first-order valence-corrected chi connectivity index (χ1v) is 9.83. The number of amides is 1. The van der Waals surface area contributed by atoms with Crippen LogP contribution >= 0.6 is 15.9 Å². The molecule has 1 aromatic carbocycles. The van der Waals surface area contributed by atoms with Crippen molar-refractivity contribution in [2.24, 2.45) is 17.3 Å². The van der Waals surface area contributed by atoms with Crippen LogP contribution in [0.25, 0.3) is 0 Å². The first kappa shape index (κ1) is 16.2. The Balaban J connectivity index is 1.33. The van der Waals surface area contributed by atoms with Gasteiger partial charge in [-0.05, 0) is 67.9 Å². The van der Waals surface area contributed by atoms with Gasteiger partial charge in [-0.1, -0.05) is 46.0 Å². The Morgan fingerprint density at radius 2 is 1.88 bits per heavy atom. The average Bonchev–Trinajstić information content (AvgIpc) is 2.49. The largest absolute Gasteiger partial charge is 0.345 e. The first-order valence-electron chi connectivity index (χ1n) is 9.04. The number of rotatable bonds is 3. The van der Waals surface area contributed by atoms with E-state index in [1.54, 1.807) is 0 Å². The number of hydrogen-bond acceptors (Lipinski definition) is 1. The van der Waals surface area contributed by atoms with Crippen molar-refractivity contribution in [1.82, 2.24) is 5.32 Å². The molecule has 0 aliphatic heterocycles. The normalized spacial score (nSPS) is 36.0. The van der Waals surface area contributed by atoms with Crippen molar-refractivity contribution in [3.63, 3.8) is 0 Å². The zero-order chi connectivity index (χ0) is 16.6. The van der Waals surface area contributed by atoms with Crippen LogP contribution in [0.2, 0.25) is 0 Å². The van der Waals surface area contributed by atoms with Gasteiger partial charge in [0.2, 0.25) is 5.91 Å². The van der Waals surface area contributed by atoms with Gasteiger partial charge in [-0.15, -0.1) is 0 Å². The van der Waals surface area contributed by atoms with Crippen LogP contribution in [0.1, 0.15) is 50.5 Å². The Bertz CT molecular complexity index is 673. The molecule has 126 valence electrons. The number of hydrogen-bond donors (Lipinski definition) is 1. The molecule has 4 bridgehead atoms. The second-order valence-corrected chi connectivity index (χ2v) is 9.92. The van der Waals surface area contributed by atoms with Crippen LogP contribution in [0.4, 0.5) is 0 Å². The topological polar surface area (TPSA) is 29.1 Å². The summed E-state index contributed by atoms with van der Waals surface area (Å²) in [6.45, 7) is 0.441. The van der Waals surface area contributed by atoms with Gasteiger partial charge in [0.15, 0.2) is 0 Å². The number of halogens is 1. The van der Waals surface area contributed by atoms with Gasteiger partial charge in [-0.2, -0.15) is 0 Å². The van der Waals surface area contributed by atoms with E-state index in [4.69, 9.17) is 0 Å². The third-order valence-electron chi connectivity index (χ3n) is 6.03. The Morgan fingerprint density at radius 1 is 1.17 bits per heavy atom. The zero-order valence-electron chi connectivity index (χ0n) is 14.0. The molecular formula is C21H24BrNO. The maximum Gasteiger partial charge on any atom is 0.221 e. The van der Waals surface area contributed by atoms with E-state index in [2.05, 4.69) is 33.1 Å². The summed E-state index contributed by atoms with van der Waals surface area (Å²) in [5.41, 5.74) is 1.24. The second-order valence-electron chi connectivity index (χ2n) is 8.23. The summed E-state index contributed by atoms with van der Waals surface area (Å²) in [5.74, 6) is 7.99. The molecule has 0 spiro atoms. The van der Waals surface area contributed by atoms with E-state index in [1.165, 1.54) is 38.5 Å². The molecule has 0 radical (unpaired) electrons. The maximum atomic E-state index is 12.4. The van der Waals surface area contributed by atoms with Gasteiger partial charge in [0.25, 0.3) is 0 Å². The van der Waals surface area contributed by atoms with E-state index in [0.29, 0.717) is 17.3 Å². The minimum atomic E-state index is 0.176. The fourth-order valence-corrected chi connectivity index (χ4v) is 7.27. The highest BCUT2D eigenvalue weighted by molar-refractivity contribution is 9.10. The number of carbonyl (C=O) groups excluding carboxylic acids is 1. The smallest absolute Gasteiger partial charge is 0.221 e. The van der Waals surface area contributed by atoms with Crippen molar-refractivity contribution in [3.05, 3.63) is 35.9 Å². The molecule has 0 heterocycles. The lowest BCUT2D eigenvalue weighted by atomic mass is 9.48.